The molecule has 0 aromatic heterocycles. The predicted octanol–water partition coefficient (Wildman–Crippen LogP) is 5.75. The number of ether oxygens (including phenoxy) is 3. The van der Waals surface area contributed by atoms with Crippen LogP contribution in [-0.2, 0) is 20.7 Å². The van der Waals surface area contributed by atoms with Gasteiger partial charge in [0.1, 0.15) is 11.4 Å². The Labute approximate surface area is 200 Å². The molecule has 0 bridgehead atoms. The Morgan fingerprint density at radius 3 is 2.39 bits per heavy atom. The third-order valence-electron chi connectivity index (χ3n) is 5.94. The molecule has 0 radical (unpaired) electrons. The van der Waals surface area contributed by atoms with E-state index in [1.54, 1.807) is 20.8 Å². The number of esters is 1. The molecule has 1 heterocycles. The molecular formula is C26H33ClO6. The van der Waals surface area contributed by atoms with Crippen LogP contribution in [0.25, 0.3) is 0 Å². The van der Waals surface area contributed by atoms with Gasteiger partial charge in [-0.2, -0.15) is 0 Å². The van der Waals surface area contributed by atoms with Crippen LogP contribution in [0.15, 0.2) is 23.3 Å². The number of aldehydes is 1. The van der Waals surface area contributed by atoms with Crippen molar-refractivity contribution in [3.63, 3.8) is 0 Å². The van der Waals surface area contributed by atoms with E-state index in [0.717, 1.165) is 24.0 Å². The smallest absolute Gasteiger partial charge is 0.308 e. The minimum atomic E-state index is -0.718. The fourth-order valence-electron chi connectivity index (χ4n) is 3.84. The van der Waals surface area contributed by atoms with Gasteiger partial charge in [0, 0.05) is 18.9 Å². The summed E-state index contributed by atoms with van der Waals surface area (Å²) in [6.07, 6.45) is 7.04. The first-order chi connectivity index (χ1) is 15.4. The zero-order chi connectivity index (χ0) is 24.9. The van der Waals surface area contributed by atoms with E-state index in [0.29, 0.717) is 41.6 Å². The minimum absolute atomic E-state index is 0.125. The van der Waals surface area contributed by atoms with Crippen molar-refractivity contribution >= 4 is 29.6 Å². The van der Waals surface area contributed by atoms with E-state index in [9.17, 15) is 14.4 Å². The van der Waals surface area contributed by atoms with Crippen molar-refractivity contribution in [1.82, 2.24) is 0 Å². The van der Waals surface area contributed by atoms with E-state index in [1.807, 2.05) is 19.9 Å². The van der Waals surface area contributed by atoms with Gasteiger partial charge in [0.05, 0.1) is 23.8 Å². The molecule has 6 nitrogen and oxygen atoms in total. The van der Waals surface area contributed by atoms with Crippen molar-refractivity contribution in [2.75, 3.05) is 7.11 Å². The molecular weight excluding hydrogens is 444 g/mol. The second-order valence-electron chi connectivity index (χ2n) is 8.89. The Morgan fingerprint density at radius 2 is 1.88 bits per heavy atom. The lowest BCUT2D eigenvalue weighted by Gasteiger charge is -2.18. The molecule has 180 valence electrons. The number of hydrogen-bond acceptors (Lipinski definition) is 6. The largest absolute Gasteiger partial charge is 0.496 e. The number of Topliss-reactive ketones (excluding diaryl/α,β-unsaturated/α-hetero) is 1. The summed E-state index contributed by atoms with van der Waals surface area (Å²) in [4.78, 5) is 35.3. The molecule has 1 aromatic carbocycles. The van der Waals surface area contributed by atoms with Crippen molar-refractivity contribution < 1.29 is 28.6 Å². The van der Waals surface area contributed by atoms with E-state index in [2.05, 4.69) is 6.08 Å². The second kappa shape index (κ2) is 11.1. The molecule has 2 rings (SSSR count). The first-order valence-corrected chi connectivity index (χ1v) is 11.4. The third kappa shape index (κ3) is 6.33. The molecule has 0 aliphatic carbocycles. The van der Waals surface area contributed by atoms with Crippen molar-refractivity contribution in [1.29, 1.82) is 0 Å². The van der Waals surface area contributed by atoms with Gasteiger partial charge in [-0.3, -0.25) is 14.4 Å². The summed E-state index contributed by atoms with van der Waals surface area (Å²) in [5.74, 6) is 0.194. The molecule has 33 heavy (non-hydrogen) atoms. The van der Waals surface area contributed by atoms with Crippen LogP contribution in [0.5, 0.6) is 11.5 Å². The molecule has 1 aromatic rings. The van der Waals surface area contributed by atoms with Gasteiger partial charge in [-0.25, -0.2) is 0 Å². The standard InChI is InChI=1S/C26H33ClO6/c1-15(9-8-10-16(2)21-13-22(30)26(5,6)33-21)11-12-19-24(31-7)20(14-28)17(3)23(27)25(19)32-18(4)29/h10-11,14,21H,8-9,12-13H2,1-7H3/b15-11-,16-10-. The number of allylic oxidation sites excluding steroid dienone is 3. The summed E-state index contributed by atoms with van der Waals surface area (Å²) < 4.78 is 16.7. The van der Waals surface area contributed by atoms with Crippen molar-refractivity contribution in [3.8, 4) is 11.5 Å². The van der Waals surface area contributed by atoms with Crippen LogP contribution in [0.4, 0.5) is 0 Å². The third-order valence-corrected chi connectivity index (χ3v) is 6.39. The van der Waals surface area contributed by atoms with Crippen molar-refractivity contribution in [2.24, 2.45) is 0 Å². The molecule has 0 N–H and O–H groups in total. The number of halogens is 1. The Kier molecular flexibility index (Phi) is 9.04. The van der Waals surface area contributed by atoms with Gasteiger partial charge in [0.2, 0.25) is 0 Å². The van der Waals surface area contributed by atoms with Gasteiger partial charge >= 0.3 is 5.97 Å². The first kappa shape index (κ1) is 26.8. The highest BCUT2D eigenvalue weighted by molar-refractivity contribution is 6.33. The van der Waals surface area contributed by atoms with Crippen LogP contribution >= 0.6 is 11.6 Å². The number of hydrogen-bond donors (Lipinski definition) is 0. The fourth-order valence-corrected chi connectivity index (χ4v) is 4.09. The monoisotopic (exact) mass is 476 g/mol. The van der Waals surface area contributed by atoms with Gasteiger partial charge < -0.3 is 14.2 Å². The number of carbonyl (C=O) groups excluding carboxylic acids is 3. The molecule has 1 saturated heterocycles. The summed E-state index contributed by atoms with van der Waals surface area (Å²) in [6, 6.07) is 0. The van der Waals surface area contributed by atoms with E-state index in [1.165, 1.54) is 14.0 Å². The molecule has 0 amide bonds. The summed E-state index contributed by atoms with van der Waals surface area (Å²) >= 11 is 6.43. The summed E-state index contributed by atoms with van der Waals surface area (Å²) in [5.41, 5.74) is 2.85. The average Bonchev–Trinajstić information content (AvgIpc) is 3.02. The SMILES string of the molecule is COc1c(C=O)c(C)c(Cl)c(OC(C)=O)c1C/C=C(/C)CC/C=C(/C)C1CC(=O)C(C)(C)O1. The van der Waals surface area contributed by atoms with Crippen LogP contribution in [0.2, 0.25) is 5.02 Å². The number of benzene rings is 1. The van der Waals surface area contributed by atoms with Crippen LogP contribution < -0.4 is 9.47 Å². The van der Waals surface area contributed by atoms with Crippen molar-refractivity contribution in [3.05, 3.63) is 45.0 Å². The molecule has 1 aliphatic rings. The Hall–Kier alpha value is -2.44. The highest BCUT2D eigenvalue weighted by Crippen LogP contribution is 2.42. The highest BCUT2D eigenvalue weighted by Gasteiger charge is 2.40. The molecule has 7 heteroatoms. The van der Waals surface area contributed by atoms with Gasteiger partial charge in [0.25, 0.3) is 0 Å². The molecule has 1 unspecified atom stereocenters. The highest BCUT2D eigenvalue weighted by atomic mass is 35.5. The van der Waals surface area contributed by atoms with E-state index >= 15 is 0 Å². The maximum Gasteiger partial charge on any atom is 0.308 e. The minimum Gasteiger partial charge on any atom is -0.496 e. The Balaban J connectivity index is 2.19. The lowest BCUT2D eigenvalue weighted by molar-refractivity contribution is -0.132. The van der Waals surface area contributed by atoms with Crippen LogP contribution in [0, 0.1) is 6.92 Å². The van der Waals surface area contributed by atoms with Crippen molar-refractivity contribution in [2.45, 2.75) is 78.9 Å². The van der Waals surface area contributed by atoms with Gasteiger partial charge in [-0.05, 0) is 65.0 Å². The predicted molar refractivity (Wildman–Crippen MR) is 128 cm³/mol. The van der Waals surface area contributed by atoms with Gasteiger partial charge in [0.15, 0.2) is 17.8 Å². The number of rotatable bonds is 9. The molecule has 0 spiro atoms. The summed E-state index contributed by atoms with van der Waals surface area (Å²) in [6.45, 7) is 10.6. The van der Waals surface area contributed by atoms with Crippen LogP contribution in [0.3, 0.4) is 0 Å². The molecule has 1 aliphatic heterocycles. The lowest BCUT2D eigenvalue weighted by atomic mass is 9.98. The number of ketones is 1. The second-order valence-corrected chi connectivity index (χ2v) is 9.27. The molecule has 1 fully saturated rings. The average molecular weight is 477 g/mol. The maximum absolute atomic E-state index is 12.0. The van der Waals surface area contributed by atoms with Crippen LogP contribution in [0.1, 0.15) is 75.4 Å². The van der Waals surface area contributed by atoms with E-state index in [4.69, 9.17) is 25.8 Å². The normalized spacial score (nSPS) is 18.4. The lowest BCUT2D eigenvalue weighted by Crippen LogP contribution is -2.27. The Morgan fingerprint density at radius 1 is 1.21 bits per heavy atom. The fraction of sp³-hybridized carbons (Fsp3) is 0.500. The maximum atomic E-state index is 12.0. The van der Waals surface area contributed by atoms with Gasteiger partial charge in [-0.15, -0.1) is 0 Å². The zero-order valence-electron chi connectivity index (χ0n) is 20.5. The number of methoxy groups -OCH3 is 1. The molecule has 0 saturated carbocycles. The first-order valence-electron chi connectivity index (χ1n) is 11.0. The topological polar surface area (TPSA) is 78.9 Å². The van der Waals surface area contributed by atoms with Gasteiger partial charge in [-0.1, -0.05) is 29.3 Å². The zero-order valence-corrected chi connectivity index (χ0v) is 21.2. The van der Waals surface area contributed by atoms with E-state index < -0.39 is 11.6 Å². The number of carbonyl (C=O) groups is 3. The van der Waals surface area contributed by atoms with E-state index in [-0.39, 0.29) is 22.7 Å². The molecule has 1 atom stereocenters. The Bertz CT molecular complexity index is 1000. The summed E-state index contributed by atoms with van der Waals surface area (Å²) in [7, 11) is 1.47. The summed E-state index contributed by atoms with van der Waals surface area (Å²) in [5, 5.41) is 0.224. The quantitative estimate of drug-likeness (QED) is 0.195. The van der Waals surface area contributed by atoms with Crippen LogP contribution in [-0.4, -0.2) is 36.9 Å².